The second-order valence-corrected chi connectivity index (χ2v) is 4.45. The maximum Gasteiger partial charge on any atom is 0.256 e. The molecule has 1 aromatic heterocycles. The summed E-state index contributed by atoms with van der Waals surface area (Å²) in [6, 6.07) is 3.77. The molecule has 0 aliphatic carbocycles. The Morgan fingerprint density at radius 3 is 2.95 bits per heavy atom. The van der Waals surface area contributed by atoms with E-state index in [9.17, 15) is 4.79 Å². The highest BCUT2D eigenvalue weighted by atomic mass is 16.5. The van der Waals surface area contributed by atoms with Crippen molar-refractivity contribution in [3.05, 3.63) is 39.9 Å². The van der Waals surface area contributed by atoms with Crippen molar-refractivity contribution in [1.82, 2.24) is 9.97 Å². The highest BCUT2D eigenvalue weighted by Crippen LogP contribution is 2.38. The maximum atomic E-state index is 11.8. The second kappa shape index (κ2) is 4.88. The topological polar surface area (TPSA) is 76.2 Å². The molecular formula is C14H15N3O3. The van der Waals surface area contributed by atoms with Crippen molar-refractivity contribution >= 4 is 11.5 Å². The van der Waals surface area contributed by atoms with Crippen molar-refractivity contribution in [1.29, 1.82) is 0 Å². The Hall–Kier alpha value is -2.50. The van der Waals surface area contributed by atoms with Gasteiger partial charge in [-0.1, -0.05) is 0 Å². The van der Waals surface area contributed by atoms with Gasteiger partial charge in [0.25, 0.3) is 5.56 Å². The lowest BCUT2D eigenvalue weighted by Gasteiger charge is -2.21. The third-order valence-electron chi connectivity index (χ3n) is 3.26. The van der Waals surface area contributed by atoms with Crippen molar-refractivity contribution in [2.24, 2.45) is 0 Å². The molecule has 104 valence electrons. The first-order valence-corrected chi connectivity index (χ1v) is 6.40. The third kappa shape index (κ3) is 1.99. The molecule has 2 N–H and O–H groups in total. The van der Waals surface area contributed by atoms with Crippen LogP contribution in [-0.2, 0) is 6.42 Å². The van der Waals surface area contributed by atoms with E-state index in [0.29, 0.717) is 35.9 Å². The predicted octanol–water partition coefficient (Wildman–Crippen LogP) is 1.82. The van der Waals surface area contributed by atoms with Gasteiger partial charge in [-0.15, -0.1) is 0 Å². The Bertz CT molecular complexity index is 709. The second-order valence-electron chi connectivity index (χ2n) is 4.45. The highest BCUT2D eigenvalue weighted by molar-refractivity contribution is 5.71. The zero-order valence-corrected chi connectivity index (χ0v) is 11.3. The molecule has 3 rings (SSSR count). The number of aromatic amines is 1. The van der Waals surface area contributed by atoms with E-state index in [1.54, 1.807) is 7.11 Å². The third-order valence-corrected chi connectivity index (χ3v) is 3.26. The van der Waals surface area contributed by atoms with Gasteiger partial charge in [0.15, 0.2) is 11.5 Å². The number of nitrogens with one attached hydrogen (secondary N) is 2. The van der Waals surface area contributed by atoms with E-state index < -0.39 is 0 Å². The summed E-state index contributed by atoms with van der Waals surface area (Å²) in [5.41, 5.74) is 2.38. The van der Waals surface area contributed by atoms with Gasteiger partial charge in [-0.05, 0) is 18.6 Å². The molecule has 6 heteroatoms. The van der Waals surface area contributed by atoms with Gasteiger partial charge >= 0.3 is 0 Å². The van der Waals surface area contributed by atoms with Crippen LogP contribution in [-0.4, -0.2) is 23.7 Å². The molecule has 0 amide bonds. The average Bonchev–Trinajstić information content (AvgIpc) is 2.46. The van der Waals surface area contributed by atoms with Gasteiger partial charge < -0.3 is 19.8 Å². The van der Waals surface area contributed by atoms with E-state index in [-0.39, 0.29) is 5.56 Å². The number of fused-ring (bicyclic) bond motifs is 2. The minimum atomic E-state index is -0.123. The highest BCUT2D eigenvalue weighted by Gasteiger charge is 2.21. The minimum absolute atomic E-state index is 0.123. The molecule has 1 aliphatic rings. The summed E-state index contributed by atoms with van der Waals surface area (Å²) in [4.78, 5) is 18.6. The zero-order valence-electron chi connectivity index (χ0n) is 11.3. The molecule has 0 atom stereocenters. The van der Waals surface area contributed by atoms with Crippen LogP contribution < -0.4 is 20.3 Å². The fourth-order valence-electron chi connectivity index (χ4n) is 2.31. The molecule has 0 saturated heterocycles. The molecule has 1 aromatic carbocycles. The molecule has 6 nitrogen and oxygen atoms in total. The molecule has 0 fully saturated rings. The summed E-state index contributed by atoms with van der Waals surface area (Å²) in [6.45, 7) is 2.47. The monoisotopic (exact) mass is 273 g/mol. The van der Waals surface area contributed by atoms with Gasteiger partial charge in [0.2, 0.25) is 0 Å². The molecular weight excluding hydrogens is 258 g/mol. The van der Waals surface area contributed by atoms with Gasteiger partial charge in [0, 0.05) is 18.2 Å². The van der Waals surface area contributed by atoms with Gasteiger partial charge in [0.05, 0.1) is 25.6 Å². The Labute approximate surface area is 115 Å². The standard InChI is InChI=1S/C14H15N3O3/c1-3-20-12-5-8-4-9-13(15-7-16-14(9)18)17-10(8)6-11(12)19-2/h5-7H,3-4H2,1-2H3,(H2,15,16,17,18). The van der Waals surface area contributed by atoms with Gasteiger partial charge in [-0.25, -0.2) is 4.98 Å². The van der Waals surface area contributed by atoms with Crippen molar-refractivity contribution in [3.63, 3.8) is 0 Å². The number of hydrogen-bond donors (Lipinski definition) is 2. The summed E-state index contributed by atoms with van der Waals surface area (Å²) < 4.78 is 10.9. The van der Waals surface area contributed by atoms with Crippen LogP contribution in [0.15, 0.2) is 23.3 Å². The van der Waals surface area contributed by atoms with Gasteiger partial charge in [-0.3, -0.25) is 4.79 Å². The number of hydrogen-bond acceptors (Lipinski definition) is 5. The van der Waals surface area contributed by atoms with Crippen LogP contribution in [0.4, 0.5) is 11.5 Å². The molecule has 0 bridgehead atoms. The Morgan fingerprint density at radius 1 is 1.35 bits per heavy atom. The molecule has 2 heterocycles. The first kappa shape index (κ1) is 12.5. The zero-order chi connectivity index (χ0) is 14.1. The lowest BCUT2D eigenvalue weighted by molar-refractivity contribution is 0.311. The molecule has 20 heavy (non-hydrogen) atoms. The lowest BCUT2D eigenvalue weighted by atomic mass is 10.00. The molecule has 0 unspecified atom stereocenters. The van der Waals surface area contributed by atoms with Crippen LogP contribution in [0.25, 0.3) is 0 Å². The van der Waals surface area contributed by atoms with Gasteiger partial charge in [-0.2, -0.15) is 0 Å². The Morgan fingerprint density at radius 2 is 2.20 bits per heavy atom. The van der Waals surface area contributed by atoms with Crippen molar-refractivity contribution < 1.29 is 9.47 Å². The normalized spacial score (nSPS) is 12.1. The van der Waals surface area contributed by atoms with E-state index in [1.165, 1.54) is 6.33 Å². The summed E-state index contributed by atoms with van der Waals surface area (Å²) in [5.74, 6) is 1.93. The largest absolute Gasteiger partial charge is 0.493 e. The number of benzene rings is 1. The number of aromatic nitrogens is 2. The molecule has 0 spiro atoms. The van der Waals surface area contributed by atoms with E-state index in [0.717, 1.165) is 11.3 Å². The SMILES string of the molecule is CCOc1cc2c(cc1OC)Nc1nc[nH]c(=O)c1C2. The predicted molar refractivity (Wildman–Crippen MR) is 75.1 cm³/mol. The Kier molecular flexibility index (Phi) is 3.06. The number of methoxy groups -OCH3 is 1. The Balaban J connectivity index is 2.08. The van der Waals surface area contributed by atoms with Crippen molar-refractivity contribution in [3.8, 4) is 11.5 Å². The van der Waals surface area contributed by atoms with Crippen LogP contribution in [0.1, 0.15) is 18.1 Å². The van der Waals surface area contributed by atoms with E-state index in [4.69, 9.17) is 9.47 Å². The van der Waals surface area contributed by atoms with E-state index in [1.807, 2.05) is 19.1 Å². The van der Waals surface area contributed by atoms with Crippen LogP contribution in [0.3, 0.4) is 0 Å². The minimum Gasteiger partial charge on any atom is -0.493 e. The first-order chi connectivity index (χ1) is 9.72. The van der Waals surface area contributed by atoms with Crippen LogP contribution >= 0.6 is 0 Å². The van der Waals surface area contributed by atoms with E-state index >= 15 is 0 Å². The van der Waals surface area contributed by atoms with Crippen molar-refractivity contribution in [2.75, 3.05) is 19.0 Å². The average molecular weight is 273 g/mol. The lowest BCUT2D eigenvalue weighted by Crippen LogP contribution is -2.20. The van der Waals surface area contributed by atoms with Gasteiger partial charge in [0.1, 0.15) is 5.82 Å². The smallest absolute Gasteiger partial charge is 0.256 e. The molecule has 0 saturated carbocycles. The summed E-state index contributed by atoms with van der Waals surface area (Å²) in [5, 5.41) is 3.16. The van der Waals surface area contributed by atoms with Crippen LogP contribution in [0, 0.1) is 0 Å². The number of nitrogens with zero attached hydrogens (tertiary/aromatic N) is 1. The fraction of sp³-hybridized carbons (Fsp3) is 0.286. The summed E-state index contributed by atoms with van der Waals surface area (Å²) in [6.07, 6.45) is 1.91. The molecule has 1 aliphatic heterocycles. The van der Waals surface area contributed by atoms with Crippen LogP contribution in [0.5, 0.6) is 11.5 Å². The molecule has 0 radical (unpaired) electrons. The first-order valence-electron chi connectivity index (χ1n) is 6.40. The van der Waals surface area contributed by atoms with Crippen molar-refractivity contribution in [2.45, 2.75) is 13.3 Å². The van der Waals surface area contributed by atoms with E-state index in [2.05, 4.69) is 15.3 Å². The summed E-state index contributed by atoms with van der Waals surface area (Å²) in [7, 11) is 1.60. The maximum absolute atomic E-state index is 11.8. The number of rotatable bonds is 3. The molecule has 2 aromatic rings. The number of anilines is 2. The number of H-pyrrole nitrogens is 1. The quantitative estimate of drug-likeness (QED) is 0.761. The fourth-order valence-corrected chi connectivity index (χ4v) is 2.31. The summed E-state index contributed by atoms with van der Waals surface area (Å²) >= 11 is 0. The number of ether oxygens (including phenoxy) is 2. The van der Waals surface area contributed by atoms with Crippen LogP contribution in [0.2, 0.25) is 0 Å².